The molecule has 92 valence electrons. The van der Waals surface area contributed by atoms with Crippen LogP contribution in [0.4, 0.5) is 5.82 Å². The molecule has 1 aliphatic heterocycles. The number of primary amides is 1. The van der Waals surface area contributed by atoms with Crippen LogP contribution in [-0.4, -0.2) is 30.0 Å². The molecule has 1 aromatic heterocycles. The molecule has 2 atom stereocenters. The quantitative estimate of drug-likeness (QED) is 0.773. The zero-order valence-corrected chi connectivity index (χ0v) is 9.97. The molecule has 1 fully saturated rings. The van der Waals surface area contributed by atoms with Gasteiger partial charge in [0.15, 0.2) is 0 Å². The molecule has 1 amide bonds. The zero-order chi connectivity index (χ0) is 12.4. The lowest BCUT2D eigenvalue weighted by Gasteiger charge is -2.35. The first-order valence-corrected chi connectivity index (χ1v) is 5.84. The van der Waals surface area contributed by atoms with Crippen molar-refractivity contribution in [2.75, 3.05) is 18.0 Å². The number of hydrogen-bond donors (Lipinski definition) is 2. The molecule has 1 aliphatic rings. The number of hydrogen-bond acceptors (Lipinski definition) is 4. The third-order valence-electron chi connectivity index (χ3n) is 3.33. The Kier molecular flexibility index (Phi) is 3.28. The van der Waals surface area contributed by atoms with Crippen LogP contribution in [0.1, 0.15) is 23.7 Å². The lowest BCUT2D eigenvalue weighted by molar-refractivity contribution is 0.1000. The lowest BCUT2D eigenvalue weighted by atomic mass is 9.95. The van der Waals surface area contributed by atoms with Gasteiger partial charge in [0.2, 0.25) is 5.91 Å². The van der Waals surface area contributed by atoms with Gasteiger partial charge < -0.3 is 16.4 Å². The fourth-order valence-electron chi connectivity index (χ4n) is 2.09. The number of nitrogens with zero attached hydrogens (tertiary/aromatic N) is 2. The van der Waals surface area contributed by atoms with E-state index in [1.807, 2.05) is 6.07 Å². The monoisotopic (exact) mass is 234 g/mol. The molecule has 2 heterocycles. The fourth-order valence-corrected chi connectivity index (χ4v) is 2.09. The van der Waals surface area contributed by atoms with Gasteiger partial charge in [-0.1, -0.05) is 6.92 Å². The van der Waals surface area contributed by atoms with Crippen LogP contribution in [0.15, 0.2) is 18.3 Å². The molecule has 0 aromatic carbocycles. The SMILES string of the molecule is CC1CN(c2ccc(C(N)=O)cn2)CCC1N. The molecular formula is C12H18N4O. The predicted molar refractivity (Wildman–Crippen MR) is 66.7 cm³/mol. The molecule has 0 spiro atoms. The molecule has 5 heteroatoms. The molecule has 5 nitrogen and oxygen atoms in total. The van der Waals surface area contributed by atoms with Crippen LogP contribution in [0.25, 0.3) is 0 Å². The van der Waals surface area contributed by atoms with Gasteiger partial charge in [0, 0.05) is 25.3 Å². The summed E-state index contributed by atoms with van der Waals surface area (Å²) >= 11 is 0. The molecule has 0 saturated carbocycles. The van der Waals surface area contributed by atoms with Crippen LogP contribution >= 0.6 is 0 Å². The number of carbonyl (C=O) groups excluding carboxylic acids is 1. The van der Waals surface area contributed by atoms with E-state index in [2.05, 4.69) is 16.8 Å². The second kappa shape index (κ2) is 4.71. The number of aromatic nitrogens is 1. The molecule has 2 unspecified atom stereocenters. The van der Waals surface area contributed by atoms with E-state index in [-0.39, 0.29) is 6.04 Å². The third-order valence-corrected chi connectivity index (χ3v) is 3.33. The van der Waals surface area contributed by atoms with Gasteiger partial charge in [0.05, 0.1) is 5.56 Å². The van der Waals surface area contributed by atoms with E-state index in [1.54, 1.807) is 6.07 Å². The largest absolute Gasteiger partial charge is 0.366 e. The smallest absolute Gasteiger partial charge is 0.250 e. The average Bonchev–Trinajstić information content (AvgIpc) is 2.33. The maximum Gasteiger partial charge on any atom is 0.250 e. The Morgan fingerprint density at radius 2 is 2.29 bits per heavy atom. The van der Waals surface area contributed by atoms with Crippen LogP contribution in [-0.2, 0) is 0 Å². The molecule has 1 aromatic rings. The van der Waals surface area contributed by atoms with E-state index in [0.29, 0.717) is 11.5 Å². The van der Waals surface area contributed by atoms with Crippen molar-refractivity contribution in [2.45, 2.75) is 19.4 Å². The van der Waals surface area contributed by atoms with E-state index in [4.69, 9.17) is 11.5 Å². The number of nitrogens with two attached hydrogens (primary N) is 2. The zero-order valence-electron chi connectivity index (χ0n) is 9.97. The van der Waals surface area contributed by atoms with E-state index >= 15 is 0 Å². The summed E-state index contributed by atoms with van der Waals surface area (Å²) in [6.45, 7) is 3.97. The van der Waals surface area contributed by atoms with Crippen LogP contribution in [0.2, 0.25) is 0 Å². The van der Waals surface area contributed by atoms with Gasteiger partial charge in [-0.3, -0.25) is 4.79 Å². The summed E-state index contributed by atoms with van der Waals surface area (Å²) in [6, 6.07) is 3.82. The second-order valence-electron chi connectivity index (χ2n) is 4.65. The Hall–Kier alpha value is -1.62. The number of amides is 1. The average molecular weight is 234 g/mol. The van der Waals surface area contributed by atoms with Gasteiger partial charge in [-0.15, -0.1) is 0 Å². The van der Waals surface area contributed by atoms with Crippen molar-refractivity contribution in [3.63, 3.8) is 0 Å². The van der Waals surface area contributed by atoms with Crippen molar-refractivity contribution in [3.8, 4) is 0 Å². The predicted octanol–water partition coefficient (Wildman–Crippen LogP) is 0.354. The van der Waals surface area contributed by atoms with Crippen molar-refractivity contribution >= 4 is 11.7 Å². The van der Waals surface area contributed by atoms with Gasteiger partial charge in [0.1, 0.15) is 5.82 Å². The van der Waals surface area contributed by atoms with Crippen molar-refractivity contribution < 1.29 is 4.79 Å². The summed E-state index contributed by atoms with van der Waals surface area (Å²) in [4.78, 5) is 17.4. The minimum absolute atomic E-state index is 0.274. The van der Waals surface area contributed by atoms with E-state index in [1.165, 1.54) is 6.20 Å². The summed E-state index contributed by atoms with van der Waals surface area (Å²) in [5.74, 6) is 0.896. The Bertz CT molecular complexity index is 403. The first kappa shape index (κ1) is 11.9. The van der Waals surface area contributed by atoms with Gasteiger partial charge in [-0.25, -0.2) is 4.98 Å². The summed E-state index contributed by atoms with van der Waals surface area (Å²) in [5, 5.41) is 0. The van der Waals surface area contributed by atoms with Crippen LogP contribution in [0, 0.1) is 5.92 Å². The van der Waals surface area contributed by atoms with Crippen LogP contribution < -0.4 is 16.4 Å². The lowest BCUT2D eigenvalue weighted by Crippen LogP contribution is -2.46. The molecule has 1 saturated heterocycles. The molecular weight excluding hydrogens is 216 g/mol. The highest BCUT2D eigenvalue weighted by Crippen LogP contribution is 2.20. The first-order chi connectivity index (χ1) is 8.08. The number of carbonyl (C=O) groups is 1. The topological polar surface area (TPSA) is 85.2 Å². The maximum absolute atomic E-state index is 10.9. The number of rotatable bonds is 2. The summed E-state index contributed by atoms with van der Waals surface area (Å²) in [7, 11) is 0. The molecule has 2 rings (SSSR count). The highest BCUT2D eigenvalue weighted by atomic mass is 16.1. The minimum atomic E-state index is -0.446. The van der Waals surface area contributed by atoms with E-state index in [9.17, 15) is 4.79 Å². The van der Waals surface area contributed by atoms with Crippen molar-refractivity contribution in [2.24, 2.45) is 17.4 Å². The van der Waals surface area contributed by atoms with Crippen molar-refractivity contribution in [1.29, 1.82) is 0 Å². The van der Waals surface area contributed by atoms with Crippen molar-refractivity contribution in [1.82, 2.24) is 4.98 Å². The van der Waals surface area contributed by atoms with Crippen LogP contribution in [0.3, 0.4) is 0 Å². The fraction of sp³-hybridized carbons (Fsp3) is 0.500. The molecule has 0 aliphatic carbocycles. The summed E-state index contributed by atoms with van der Waals surface area (Å²) < 4.78 is 0. The standard InChI is InChI=1S/C12H18N4O/c1-8-7-16(5-4-10(8)13)11-3-2-9(6-15-11)12(14)17/h2-3,6,8,10H,4-5,7,13H2,1H3,(H2,14,17). The molecule has 17 heavy (non-hydrogen) atoms. The number of anilines is 1. The van der Waals surface area contributed by atoms with Gasteiger partial charge in [0.25, 0.3) is 0 Å². The first-order valence-electron chi connectivity index (χ1n) is 5.84. The third kappa shape index (κ3) is 2.55. The highest BCUT2D eigenvalue weighted by molar-refractivity contribution is 5.92. The molecule has 0 bridgehead atoms. The Morgan fingerprint density at radius 3 is 2.82 bits per heavy atom. The van der Waals surface area contributed by atoms with E-state index < -0.39 is 5.91 Å². The summed E-state index contributed by atoms with van der Waals surface area (Å²) in [5.41, 5.74) is 11.6. The van der Waals surface area contributed by atoms with Gasteiger partial charge in [-0.2, -0.15) is 0 Å². The van der Waals surface area contributed by atoms with Gasteiger partial charge in [-0.05, 0) is 24.5 Å². The summed E-state index contributed by atoms with van der Waals surface area (Å²) in [6.07, 6.45) is 2.50. The molecule has 0 radical (unpaired) electrons. The molecule has 4 N–H and O–H groups in total. The van der Waals surface area contributed by atoms with Crippen LogP contribution in [0.5, 0.6) is 0 Å². The Balaban J connectivity index is 2.10. The van der Waals surface area contributed by atoms with Crippen molar-refractivity contribution in [3.05, 3.63) is 23.9 Å². The highest BCUT2D eigenvalue weighted by Gasteiger charge is 2.23. The minimum Gasteiger partial charge on any atom is -0.366 e. The second-order valence-corrected chi connectivity index (χ2v) is 4.65. The number of piperidine rings is 1. The Morgan fingerprint density at radius 1 is 1.53 bits per heavy atom. The maximum atomic E-state index is 10.9. The normalized spacial score (nSPS) is 24.7. The van der Waals surface area contributed by atoms with Gasteiger partial charge >= 0.3 is 0 Å². The van der Waals surface area contributed by atoms with E-state index in [0.717, 1.165) is 25.3 Å². The Labute approximate surface area is 101 Å². The number of pyridine rings is 1.